The van der Waals surface area contributed by atoms with E-state index in [1.807, 2.05) is 4.90 Å². The van der Waals surface area contributed by atoms with E-state index in [9.17, 15) is 14.0 Å². The molecule has 0 saturated carbocycles. The van der Waals surface area contributed by atoms with E-state index in [0.29, 0.717) is 30.9 Å². The zero-order valence-corrected chi connectivity index (χ0v) is 18.9. The number of carbonyl (C=O) groups excluding carboxylic acids is 2. The van der Waals surface area contributed by atoms with Crippen LogP contribution in [0.25, 0.3) is 0 Å². The molecule has 0 aromatic heterocycles. The predicted octanol–water partition coefficient (Wildman–Crippen LogP) is 1.14. The second-order valence-electron chi connectivity index (χ2n) is 8.30. The van der Waals surface area contributed by atoms with Crippen LogP contribution in [0.15, 0.2) is 18.2 Å². The lowest BCUT2D eigenvalue weighted by Crippen LogP contribution is -2.56. The molecular formula is C23H35FN4O4. The number of carbonyl (C=O) groups is 2. The average molecular weight is 451 g/mol. The Kier molecular flexibility index (Phi) is 9.70. The Balaban J connectivity index is 1.40. The minimum atomic E-state index is -0.605. The summed E-state index contributed by atoms with van der Waals surface area (Å²) in [6.45, 7) is 6.60. The maximum absolute atomic E-state index is 14.4. The second kappa shape index (κ2) is 12.7. The molecule has 2 saturated heterocycles. The van der Waals surface area contributed by atoms with Crippen molar-refractivity contribution in [1.82, 2.24) is 20.4 Å². The highest BCUT2D eigenvalue weighted by molar-refractivity contribution is 5.88. The van der Waals surface area contributed by atoms with E-state index in [-0.39, 0.29) is 30.6 Å². The molecule has 2 heterocycles. The van der Waals surface area contributed by atoms with Gasteiger partial charge in [0.05, 0.1) is 32.8 Å². The van der Waals surface area contributed by atoms with E-state index in [1.165, 1.54) is 13.2 Å². The molecule has 1 aromatic carbocycles. The molecule has 178 valence electrons. The lowest BCUT2D eigenvalue weighted by molar-refractivity contribution is -0.134. The van der Waals surface area contributed by atoms with Crippen molar-refractivity contribution >= 4 is 11.8 Å². The summed E-state index contributed by atoms with van der Waals surface area (Å²) in [6.07, 6.45) is 3.12. The number of rotatable bonds is 11. The number of methoxy groups -OCH3 is 1. The van der Waals surface area contributed by atoms with Gasteiger partial charge in [-0.1, -0.05) is 12.5 Å². The number of amides is 2. The molecule has 8 nitrogen and oxygen atoms in total. The van der Waals surface area contributed by atoms with Crippen LogP contribution >= 0.6 is 0 Å². The van der Waals surface area contributed by atoms with Crippen LogP contribution in [0.3, 0.4) is 0 Å². The van der Waals surface area contributed by atoms with Crippen LogP contribution in [0.5, 0.6) is 5.75 Å². The minimum absolute atomic E-state index is 0.0669. The lowest BCUT2D eigenvalue weighted by atomic mass is 10.1. The molecular weight excluding hydrogens is 415 g/mol. The Hall–Kier alpha value is -2.23. The molecule has 32 heavy (non-hydrogen) atoms. The van der Waals surface area contributed by atoms with Crippen molar-refractivity contribution in [3.8, 4) is 5.75 Å². The van der Waals surface area contributed by atoms with Crippen LogP contribution < -0.4 is 15.4 Å². The van der Waals surface area contributed by atoms with Crippen molar-refractivity contribution in [2.24, 2.45) is 0 Å². The number of piperazine rings is 1. The van der Waals surface area contributed by atoms with Gasteiger partial charge in [-0.3, -0.25) is 19.4 Å². The number of hydrogen-bond acceptors (Lipinski definition) is 6. The zero-order chi connectivity index (χ0) is 22.8. The van der Waals surface area contributed by atoms with E-state index in [4.69, 9.17) is 9.47 Å². The van der Waals surface area contributed by atoms with Gasteiger partial charge in [0.25, 0.3) is 0 Å². The van der Waals surface area contributed by atoms with Gasteiger partial charge in [0, 0.05) is 50.9 Å². The first kappa shape index (κ1) is 24.4. The summed E-state index contributed by atoms with van der Waals surface area (Å²) >= 11 is 0. The van der Waals surface area contributed by atoms with Gasteiger partial charge in [-0.25, -0.2) is 4.39 Å². The van der Waals surface area contributed by atoms with Gasteiger partial charge in [-0.2, -0.15) is 0 Å². The van der Waals surface area contributed by atoms with E-state index in [0.717, 1.165) is 52.1 Å². The van der Waals surface area contributed by atoms with E-state index >= 15 is 0 Å². The van der Waals surface area contributed by atoms with Crippen LogP contribution in [-0.2, 0) is 20.9 Å². The summed E-state index contributed by atoms with van der Waals surface area (Å²) in [4.78, 5) is 29.1. The van der Waals surface area contributed by atoms with Crippen LogP contribution in [-0.4, -0.2) is 87.2 Å². The average Bonchev–Trinajstić information content (AvgIpc) is 2.80. The molecule has 2 aliphatic heterocycles. The Morgan fingerprint density at radius 2 is 2.06 bits per heavy atom. The zero-order valence-electron chi connectivity index (χ0n) is 18.9. The van der Waals surface area contributed by atoms with Gasteiger partial charge in [0.1, 0.15) is 11.6 Å². The van der Waals surface area contributed by atoms with Crippen molar-refractivity contribution in [3.63, 3.8) is 0 Å². The fourth-order valence-electron chi connectivity index (χ4n) is 4.11. The van der Waals surface area contributed by atoms with Gasteiger partial charge in [-0.15, -0.1) is 0 Å². The molecule has 2 N–H and O–H groups in total. The number of morpholine rings is 1. The fraction of sp³-hybridized carbons (Fsp3) is 0.652. The molecule has 2 amide bonds. The smallest absolute Gasteiger partial charge is 0.237 e. The van der Waals surface area contributed by atoms with Gasteiger partial charge in [0.2, 0.25) is 11.8 Å². The van der Waals surface area contributed by atoms with Gasteiger partial charge in [-0.05, 0) is 25.5 Å². The van der Waals surface area contributed by atoms with Gasteiger partial charge < -0.3 is 20.1 Å². The standard InChI is InChI=1S/C23H35FN4O4/c1-31-19-6-5-18(20(24)15-19)17-28-10-8-26-23(30)21(28)16-22(29)25-7-3-2-4-9-27-11-13-32-14-12-27/h5-6,15,21H,2-4,7-14,16-17H2,1H3,(H,25,29)(H,26,30)/t21-/m0/s1. The van der Waals surface area contributed by atoms with Crippen molar-refractivity contribution < 1.29 is 23.5 Å². The Bertz CT molecular complexity index is 758. The van der Waals surface area contributed by atoms with Crippen molar-refractivity contribution in [1.29, 1.82) is 0 Å². The number of benzene rings is 1. The highest BCUT2D eigenvalue weighted by Crippen LogP contribution is 2.20. The SMILES string of the molecule is COc1ccc(CN2CCNC(=O)[C@@H]2CC(=O)NCCCCCN2CCOCC2)c(F)c1. The first-order valence-corrected chi connectivity index (χ1v) is 11.5. The first-order valence-electron chi connectivity index (χ1n) is 11.5. The number of unbranched alkanes of at least 4 members (excludes halogenated alkanes) is 2. The summed E-state index contributed by atoms with van der Waals surface area (Å²) in [6, 6.07) is 4.09. The van der Waals surface area contributed by atoms with E-state index < -0.39 is 6.04 Å². The molecule has 0 bridgehead atoms. The molecule has 1 atom stereocenters. The highest BCUT2D eigenvalue weighted by Gasteiger charge is 2.32. The fourth-order valence-corrected chi connectivity index (χ4v) is 4.11. The quantitative estimate of drug-likeness (QED) is 0.492. The molecule has 2 aliphatic rings. The number of halogens is 1. The third-order valence-electron chi connectivity index (χ3n) is 6.03. The molecule has 0 aliphatic carbocycles. The van der Waals surface area contributed by atoms with Crippen LogP contribution in [0, 0.1) is 5.82 Å². The summed E-state index contributed by atoms with van der Waals surface area (Å²) in [5, 5.41) is 5.74. The van der Waals surface area contributed by atoms with Crippen molar-refractivity contribution in [2.45, 2.75) is 38.3 Å². The number of hydrogen-bond donors (Lipinski definition) is 2. The first-order chi connectivity index (χ1) is 15.6. The number of nitrogens with zero attached hydrogens (tertiary/aromatic N) is 2. The Labute approximate surface area is 189 Å². The van der Waals surface area contributed by atoms with Crippen LogP contribution in [0.4, 0.5) is 4.39 Å². The van der Waals surface area contributed by atoms with Crippen molar-refractivity contribution in [3.05, 3.63) is 29.6 Å². The largest absolute Gasteiger partial charge is 0.497 e. The number of nitrogens with one attached hydrogen (secondary N) is 2. The highest BCUT2D eigenvalue weighted by atomic mass is 19.1. The van der Waals surface area contributed by atoms with Crippen molar-refractivity contribution in [2.75, 3.05) is 59.6 Å². The van der Waals surface area contributed by atoms with E-state index in [1.54, 1.807) is 12.1 Å². The molecule has 0 spiro atoms. The monoisotopic (exact) mass is 450 g/mol. The third-order valence-corrected chi connectivity index (χ3v) is 6.03. The molecule has 0 radical (unpaired) electrons. The molecule has 0 unspecified atom stereocenters. The normalized spacial score (nSPS) is 20.1. The van der Waals surface area contributed by atoms with Gasteiger partial charge >= 0.3 is 0 Å². The number of ether oxygens (including phenoxy) is 2. The molecule has 9 heteroatoms. The van der Waals surface area contributed by atoms with Gasteiger partial charge in [0.15, 0.2) is 0 Å². The predicted molar refractivity (Wildman–Crippen MR) is 119 cm³/mol. The van der Waals surface area contributed by atoms with Crippen LogP contribution in [0.2, 0.25) is 0 Å². The minimum Gasteiger partial charge on any atom is -0.497 e. The lowest BCUT2D eigenvalue weighted by Gasteiger charge is -2.34. The topological polar surface area (TPSA) is 83.1 Å². The molecule has 2 fully saturated rings. The van der Waals surface area contributed by atoms with Crippen LogP contribution in [0.1, 0.15) is 31.2 Å². The molecule has 3 rings (SSSR count). The Morgan fingerprint density at radius 3 is 2.81 bits per heavy atom. The summed E-state index contributed by atoms with van der Waals surface area (Å²) < 4.78 is 24.8. The maximum atomic E-state index is 14.4. The Morgan fingerprint density at radius 1 is 1.25 bits per heavy atom. The maximum Gasteiger partial charge on any atom is 0.237 e. The third kappa shape index (κ3) is 7.43. The summed E-state index contributed by atoms with van der Waals surface area (Å²) in [5.74, 6) is -0.273. The molecule has 1 aromatic rings. The van der Waals surface area contributed by atoms with E-state index in [2.05, 4.69) is 15.5 Å². The summed E-state index contributed by atoms with van der Waals surface area (Å²) in [5.41, 5.74) is 0.478. The summed E-state index contributed by atoms with van der Waals surface area (Å²) in [7, 11) is 1.49. The second-order valence-corrected chi connectivity index (χ2v) is 8.30.